The molecule has 0 saturated carbocycles. The number of hydrogen-bond acceptors (Lipinski definition) is 5. The van der Waals surface area contributed by atoms with E-state index in [1.165, 1.54) is 12.3 Å². The maximum absolute atomic E-state index is 10.5. The van der Waals surface area contributed by atoms with Gasteiger partial charge in [0.2, 0.25) is 0 Å². The second kappa shape index (κ2) is 4.99. The summed E-state index contributed by atoms with van der Waals surface area (Å²) in [7, 11) is 0. The van der Waals surface area contributed by atoms with Crippen molar-refractivity contribution >= 4 is 5.69 Å². The first kappa shape index (κ1) is 14.5. The lowest BCUT2D eigenvalue weighted by Crippen LogP contribution is -2.33. The van der Waals surface area contributed by atoms with Crippen molar-refractivity contribution in [2.45, 2.75) is 38.9 Å². The Balaban J connectivity index is 2.81. The molecule has 0 spiro atoms. The number of ether oxygens (including phenoxy) is 1. The van der Waals surface area contributed by atoms with E-state index in [0.29, 0.717) is 5.69 Å². The number of hydrogen-bond donors (Lipinski definition) is 1. The Morgan fingerprint density at radius 1 is 1.39 bits per heavy atom. The molecule has 0 aliphatic carbocycles. The van der Waals surface area contributed by atoms with Crippen molar-refractivity contribution in [3.8, 4) is 0 Å². The van der Waals surface area contributed by atoms with Gasteiger partial charge in [0.05, 0.1) is 22.8 Å². The summed E-state index contributed by atoms with van der Waals surface area (Å²) in [6.07, 6.45) is 1.20. The van der Waals surface area contributed by atoms with Gasteiger partial charge in [0.25, 0.3) is 5.69 Å². The fourth-order valence-corrected chi connectivity index (χ4v) is 1.28. The summed E-state index contributed by atoms with van der Waals surface area (Å²) in [5, 5.41) is 20.1. The molecule has 0 radical (unpaired) electrons. The van der Waals surface area contributed by atoms with E-state index < -0.39 is 16.1 Å². The molecule has 1 heterocycles. The highest BCUT2D eigenvalue weighted by Crippen LogP contribution is 2.25. The molecule has 0 atom stereocenters. The number of aromatic nitrogens is 1. The van der Waals surface area contributed by atoms with Gasteiger partial charge >= 0.3 is 0 Å². The zero-order valence-corrected chi connectivity index (χ0v) is 11.0. The highest BCUT2D eigenvalue weighted by molar-refractivity contribution is 5.28. The number of nitro groups is 1. The van der Waals surface area contributed by atoms with Crippen molar-refractivity contribution in [3.63, 3.8) is 0 Å². The first-order valence-electron chi connectivity index (χ1n) is 5.59. The van der Waals surface area contributed by atoms with E-state index in [9.17, 15) is 15.2 Å². The zero-order chi connectivity index (χ0) is 14.0. The zero-order valence-electron chi connectivity index (χ0n) is 11.0. The van der Waals surface area contributed by atoms with Crippen molar-refractivity contribution in [3.05, 3.63) is 34.1 Å². The van der Waals surface area contributed by atoms with Crippen LogP contribution < -0.4 is 0 Å². The molecule has 0 fully saturated rings. The fraction of sp³-hybridized carbons (Fsp3) is 0.583. The minimum absolute atomic E-state index is 0.0583. The molecule has 1 aromatic heterocycles. The normalized spacial score (nSPS) is 12.5. The van der Waals surface area contributed by atoms with Gasteiger partial charge in [-0.1, -0.05) is 0 Å². The van der Waals surface area contributed by atoms with E-state index in [2.05, 4.69) is 4.98 Å². The lowest BCUT2D eigenvalue weighted by atomic mass is 10.0. The molecule has 0 bridgehead atoms. The molecule has 0 aliphatic heterocycles. The van der Waals surface area contributed by atoms with E-state index in [1.54, 1.807) is 33.8 Å². The summed E-state index contributed by atoms with van der Waals surface area (Å²) in [6.45, 7) is 7.04. The van der Waals surface area contributed by atoms with E-state index in [0.717, 1.165) is 0 Å². The van der Waals surface area contributed by atoms with Crippen molar-refractivity contribution in [2.24, 2.45) is 0 Å². The average molecular weight is 254 g/mol. The second-order valence-corrected chi connectivity index (χ2v) is 5.27. The van der Waals surface area contributed by atoms with Crippen LogP contribution in [-0.4, -0.2) is 27.2 Å². The molecule has 1 rings (SSSR count). The summed E-state index contributed by atoms with van der Waals surface area (Å²) in [5.41, 5.74) is -1.12. The van der Waals surface area contributed by atoms with Crippen LogP contribution in [0, 0.1) is 10.1 Å². The first-order valence-corrected chi connectivity index (χ1v) is 5.59. The first-order chi connectivity index (χ1) is 8.12. The topological polar surface area (TPSA) is 85.5 Å². The summed E-state index contributed by atoms with van der Waals surface area (Å²) in [4.78, 5) is 14.0. The number of nitrogens with zero attached hydrogens (tertiary/aromatic N) is 2. The monoisotopic (exact) mass is 254 g/mol. The predicted octanol–water partition coefficient (Wildman–Crippen LogP) is 2.01. The highest BCUT2D eigenvalue weighted by Gasteiger charge is 2.26. The Morgan fingerprint density at radius 2 is 2.00 bits per heavy atom. The van der Waals surface area contributed by atoms with Crippen LogP contribution in [0.5, 0.6) is 0 Å². The number of pyridine rings is 1. The average Bonchev–Trinajstić information content (AvgIpc) is 2.26. The van der Waals surface area contributed by atoms with Gasteiger partial charge in [-0.2, -0.15) is 0 Å². The summed E-state index contributed by atoms with van der Waals surface area (Å²) in [6, 6.07) is 2.94. The van der Waals surface area contributed by atoms with Gasteiger partial charge in [0, 0.05) is 6.07 Å². The smallest absolute Gasteiger partial charge is 0.287 e. The molecule has 1 aromatic rings. The van der Waals surface area contributed by atoms with Crippen LogP contribution in [0.1, 0.15) is 33.4 Å². The van der Waals surface area contributed by atoms with Crippen LogP contribution >= 0.6 is 0 Å². The van der Waals surface area contributed by atoms with Gasteiger partial charge in [-0.3, -0.25) is 15.1 Å². The SMILES string of the molecule is CC(C)(O)COC(C)(C)c1ccc([N+](=O)[O-])cn1. The molecule has 1 N–H and O–H groups in total. The van der Waals surface area contributed by atoms with E-state index in [-0.39, 0.29) is 12.3 Å². The van der Waals surface area contributed by atoms with E-state index in [1.807, 2.05) is 0 Å². The third kappa shape index (κ3) is 4.05. The van der Waals surface area contributed by atoms with Crippen molar-refractivity contribution in [1.82, 2.24) is 4.98 Å². The van der Waals surface area contributed by atoms with Crippen LogP contribution in [0.4, 0.5) is 5.69 Å². The van der Waals surface area contributed by atoms with Gasteiger partial charge < -0.3 is 9.84 Å². The maximum atomic E-state index is 10.5. The molecule has 6 heteroatoms. The minimum Gasteiger partial charge on any atom is -0.388 e. The Kier molecular flexibility index (Phi) is 4.03. The lowest BCUT2D eigenvalue weighted by molar-refractivity contribution is -0.385. The predicted molar refractivity (Wildman–Crippen MR) is 66.2 cm³/mol. The van der Waals surface area contributed by atoms with E-state index in [4.69, 9.17) is 4.74 Å². The van der Waals surface area contributed by atoms with Crippen LogP contribution in [0.2, 0.25) is 0 Å². The van der Waals surface area contributed by atoms with Crippen LogP contribution in [0.25, 0.3) is 0 Å². The molecule has 0 unspecified atom stereocenters. The van der Waals surface area contributed by atoms with Gasteiger partial charge in [-0.25, -0.2) is 0 Å². The molecule has 0 aliphatic rings. The number of aliphatic hydroxyl groups is 1. The standard InChI is InChI=1S/C12H18N2O4/c1-11(2,15)8-18-12(3,4)10-6-5-9(7-13-10)14(16)17/h5-7,15H,8H2,1-4H3. The second-order valence-electron chi connectivity index (χ2n) is 5.27. The van der Waals surface area contributed by atoms with Gasteiger partial charge in [-0.05, 0) is 33.8 Å². The van der Waals surface area contributed by atoms with Crippen LogP contribution in [-0.2, 0) is 10.3 Å². The Labute approximate surface area is 106 Å². The Bertz CT molecular complexity index is 421. The van der Waals surface area contributed by atoms with Crippen molar-refractivity contribution < 1.29 is 14.8 Å². The molecular weight excluding hydrogens is 236 g/mol. The minimum atomic E-state index is -0.932. The van der Waals surface area contributed by atoms with Gasteiger partial charge in [0.1, 0.15) is 11.8 Å². The van der Waals surface area contributed by atoms with Crippen LogP contribution in [0.15, 0.2) is 18.3 Å². The lowest BCUT2D eigenvalue weighted by Gasteiger charge is -2.28. The largest absolute Gasteiger partial charge is 0.388 e. The Hall–Kier alpha value is -1.53. The molecule has 100 valence electrons. The quantitative estimate of drug-likeness (QED) is 0.641. The molecule has 0 amide bonds. The summed E-state index contributed by atoms with van der Waals surface area (Å²) >= 11 is 0. The van der Waals surface area contributed by atoms with Crippen molar-refractivity contribution in [1.29, 1.82) is 0 Å². The maximum Gasteiger partial charge on any atom is 0.287 e. The molecular formula is C12H18N2O4. The molecule has 18 heavy (non-hydrogen) atoms. The molecule has 6 nitrogen and oxygen atoms in total. The summed E-state index contributed by atoms with van der Waals surface area (Å²) in [5.74, 6) is 0. The number of rotatable bonds is 5. The third-order valence-corrected chi connectivity index (χ3v) is 2.36. The van der Waals surface area contributed by atoms with Gasteiger partial charge in [-0.15, -0.1) is 0 Å². The summed E-state index contributed by atoms with van der Waals surface area (Å²) < 4.78 is 5.60. The highest BCUT2D eigenvalue weighted by atomic mass is 16.6. The third-order valence-electron chi connectivity index (χ3n) is 2.36. The fourth-order valence-electron chi connectivity index (χ4n) is 1.28. The molecule has 0 saturated heterocycles. The van der Waals surface area contributed by atoms with Gasteiger partial charge in [0.15, 0.2) is 0 Å². The molecule has 0 aromatic carbocycles. The van der Waals surface area contributed by atoms with Crippen LogP contribution in [0.3, 0.4) is 0 Å². The van der Waals surface area contributed by atoms with E-state index >= 15 is 0 Å². The van der Waals surface area contributed by atoms with Crippen molar-refractivity contribution in [2.75, 3.05) is 6.61 Å². The Morgan fingerprint density at radius 3 is 2.39 bits per heavy atom.